The standard InChI is InChI=1S/C22H25NO5S/c1-28-20(24)16-29(26,27)19-12-14-23(15-13-19)22(25)21(17-8-4-2-5-9-17)18-10-6-3-7-11-18/h2-11,19,21H,12-16H2,1H3. The zero-order valence-corrected chi connectivity index (χ0v) is 17.2. The number of rotatable bonds is 6. The van der Waals surface area contributed by atoms with Crippen molar-refractivity contribution >= 4 is 21.7 Å². The van der Waals surface area contributed by atoms with E-state index in [0.29, 0.717) is 25.9 Å². The molecule has 1 fully saturated rings. The van der Waals surface area contributed by atoms with Gasteiger partial charge in [0.05, 0.1) is 18.3 Å². The molecule has 0 spiro atoms. The van der Waals surface area contributed by atoms with Crippen LogP contribution in [-0.2, 0) is 24.2 Å². The van der Waals surface area contributed by atoms with E-state index in [1.807, 2.05) is 60.7 Å². The quantitative estimate of drug-likeness (QED) is 0.677. The van der Waals surface area contributed by atoms with E-state index in [1.165, 1.54) is 7.11 Å². The van der Waals surface area contributed by atoms with Gasteiger partial charge in [0.25, 0.3) is 0 Å². The van der Waals surface area contributed by atoms with Crippen molar-refractivity contribution in [2.24, 2.45) is 0 Å². The Morgan fingerprint density at radius 3 is 1.90 bits per heavy atom. The molecule has 154 valence electrons. The summed E-state index contributed by atoms with van der Waals surface area (Å²) < 4.78 is 29.3. The number of sulfone groups is 1. The number of carbonyl (C=O) groups excluding carboxylic acids is 2. The summed E-state index contributed by atoms with van der Waals surface area (Å²) in [5, 5.41) is -0.627. The second-order valence-corrected chi connectivity index (χ2v) is 9.44. The minimum atomic E-state index is -3.58. The van der Waals surface area contributed by atoms with E-state index < -0.39 is 32.7 Å². The van der Waals surface area contributed by atoms with Gasteiger partial charge >= 0.3 is 5.97 Å². The number of ether oxygens (including phenoxy) is 1. The molecule has 7 heteroatoms. The molecule has 1 saturated heterocycles. The van der Waals surface area contributed by atoms with Gasteiger partial charge in [-0.2, -0.15) is 0 Å². The summed E-state index contributed by atoms with van der Waals surface area (Å²) in [5.74, 6) is -1.83. The van der Waals surface area contributed by atoms with Gasteiger partial charge in [-0.3, -0.25) is 9.59 Å². The highest BCUT2D eigenvalue weighted by Gasteiger charge is 2.35. The van der Waals surface area contributed by atoms with Crippen molar-refractivity contribution in [1.29, 1.82) is 0 Å². The molecule has 2 aromatic carbocycles. The van der Waals surface area contributed by atoms with E-state index >= 15 is 0 Å². The molecule has 2 aromatic rings. The highest BCUT2D eigenvalue weighted by molar-refractivity contribution is 7.92. The Hall–Kier alpha value is -2.67. The molecule has 0 N–H and O–H groups in total. The molecule has 0 aliphatic carbocycles. The van der Waals surface area contributed by atoms with Crippen LogP contribution in [0.25, 0.3) is 0 Å². The first kappa shape index (κ1) is 21.0. The fraction of sp³-hybridized carbons (Fsp3) is 0.364. The fourth-order valence-corrected chi connectivity index (χ4v) is 5.34. The number of amides is 1. The van der Waals surface area contributed by atoms with Crippen molar-refractivity contribution in [2.75, 3.05) is 26.0 Å². The molecule has 1 aliphatic rings. The van der Waals surface area contributed by atoms with Crippen LogP contribution in [0.5, 0.6) is 0 Å². The van der Waals surface area contributed by atoms with Gasteiger partial charge in [-0.25, -0.2) is 8.42 Å². The van der Waals surface area contributed by atoms with Gasteiger partial charge in [0.2, 0.25) is 5.91 Å². The smallest absolute Gasteiger partial charge is 0.320 e. The van der Waals surface area contributed by atoms with Crippen molar-refractivity contribution in [3.63, 3.8) is 0 Å². The van der Waals surface area contributed by atoms with Crippen LogP contribution in [0.1, 0.15) is 29.9 Å². The molecule has 0 atom stereocenters. The van der Waals surface area contributed by atoms with Gasteiger partial charge in [0, 0.05) is 13.1 Å². The third-order valence-corrected chi connectivity index (χ3v) is 7.45. The van der Waals surface area contributed by atoms with Crippen LogP contribution in [-0.4, -0.2) is 56.4 Å². The summed E-state index contributed by atoms with van der Waals surface area (Å²) in [4.78, 5) is 26.5. The average molecular weight is 416 g/mol. The maximum absolute atomic E-state index is 13.4. The SMILES string of the molecule is COC(=O)CS(=O)(=O)C1CCN(C(=O)C(c2ccccc2)c2ccccc2)CC1. The molecule has 1 aliphatic heterocycles. The van der Waals surface area contributed by atoms with E-state index in [1.54, 1.807) is 4.90 Å². The minimum Gasteiger partial charge on any atom is -0.468 e. The van der Waals surface area contributed by atoms with E-state index in [-0.39, 0.29) is 5.91 Å². The predicted octanol–water partition coefficient (Wildman–Crippen LogP) is 2.40. The third kappa shape index (κ3) is 5.03. The maximum atomic E-state index is 13.4. The number of methoxy groups -OCH3 is 1. The Bertz CT molecular complexity index is 896. The molecule has 0 aromatic heterocycles. The molecule has 0 unspecified atom stereocenters. The Labute approximate surface area is 171 Å². The van der Waals surface area contributed by atoms with Gasteiger partial charge in [0.15, 0.2) is 9.84 Å². The summed E-state index contributed by atoms with van der Waals surface area (Å²) in [6.07, 6.45) is 0.642. The number of likely N-dealkylation sites (tertiary alicyclic amines) is 1. The van der Waals surface area contributed by atoms with Crippen molar-refractivity contribution in [3.8, 4) is 0 Å². The predicted molar refractivity (Wildman–Crippen MR) is 110 cm³/mol. The van der Waals surface area contributed by atoms with Gasteiger partial charge in [-0.05, 0) is 24.0 Å². The van der Waals surface area contributed by atoms with Crippen LogP contribution < -0.4 is 0 Å². The third-order valence-electron chi connectivity index (χ3n) is 5.32. The summed E-state index contributed by atoms with van der Waals surface area (Å²) in [5.41, 5.74) is 1.81. The number of hydrogen-bond donors (Lipinski definition) is 0. The second kappa shape index (κ2) is 9.22. The number of benzene rings is 2. The molecule has 1 amide bonds. The topological polar surface area (TPSA) is 80.8 Å². The van der Waals surface area contributed by atoms with Crippen molar-refractivity contribution in [1.82, 2.24) is 4.90 Å². The lowest BCUT2D eigenvalue weighted by atomic mass is 9.89. The van der Waals surface area contributed by atoms with Crippen molar-refractivity contribution < 1.29 is 22.7 Å². The lowest BCUT2D eigenvalue weighted by Gasteiger charge is -2.34. The van der Waals surface area contributed by atoms with Crippen LogP contribution in [0.2, 0.25) is 0 Å². The largest absolute Gasteiger partial charge is 0.468 e. The number of piperidine rings is 1. The van der Waals surface area contributed by atoms with Crippen molar-refractivity contribution in [3.05, 3.63) is 71.8 Å². The van der Waals surface area contributed by atoms with Gasteiger partial charge in [0.1, 0.15) is 5.75 Å². The summed E-state index contributed by atoms with van der Waals surface area (Å²) in [6.45, 7) is 0.695. The van der Waals surface area contributed by atoms with Crippen LogP contribution in [0, 0.1) is 0 Å². The van der Waals surface area contributed by atoms with Gasteiger partial charge < -0.3 is 9.64 Å². The Morgan fingerprint density at radius 1 is 0.966 bits per heavy atom. The van der Waals surface area contributed by atoms with Crippen LogP contribution in [0.3, 0.4) is 0 Å². The monoisotopic (exact) mass is 415 g/mol. The molecule has 0 bridgehead atoms. The van der Waals surface area contributed by atoms with E-state index in [9.17, 15) is 18.0 Å². The lowest BCUT2D eigenvalue weighted by Crippen LogP contribution is -2.45. The van der Waals surface area contributed by atoms with E-state index in [0.717, 1.165) is 11.1 Å². The normalized spacial score (nSPS) is 15.3. The molecular weight excluding hydrogens is 390 g/mol. The lowest BCUT2D eigenvalue weighted by molar-refractivity contribution is -0.137. The molecule has 1 heterocycles. The van der Waals surface area contributed by atoms with E-state index in [2.05, 4.69) is 4.74 Å². The number of carbonyl (C=O) groups is 2. The first-order chi connectivity index (χ1) is 13.9. The first-order valence-corrected chi connectivity index (χ1v) is 11.3. The molecule has 3 rings (SSSR count). The van der Waals surface area contributed by atoms with Gasteiger partial charge in [-0.1, -0.05) is 60.7 Å². The Balaban J connectivity index is 1.75. The number of hydrogen-bond acceptors (Lipinski definition) is 5. The number of esters is 1. The second-order valence-electron chi connectivity index (χ2n) is 7.16. The van der Waals surface area contributed by atoms with Crippen LogP contribution in [0.15, 0.2) is 60.7 Å². The van der Waals surface area contributed by atoms with Crippen LogP contribution in [0.4, 0.5) is 0 Å². The first-order valence-electron chi connectivity index (χ1n) is 9.59. The fourth-order valence-electron chi connectivity index (χ4n) is 3.73. The zero-order valence-electron chi connectivity index (χ0n) is 16.4. The summed E-state index contributed by atoms with van der Waals surface area (Å²) >= 11 is 0. The van der Waals surface area contributed by atoms with E-state index in [4.69, 9.17) is 0 Å². The van der Waals surface area contributed by atoms with Gasteiger partial charge in [-0.15, -0.1) is 0 Å². The Kier molecular flexibility index (Phi) is 6.69. The summed E-state index contributed by atoms with van der Waals surface area (Å²) in [7, 11) is -2.41. The maximum Gasteiger partial charge on any atom is 0.320 e. The zero-order chi connectivity index (χ0) is 20.9. The van der Waals surface area contributed by atoms with Crippen LogP contribution >= 0.6 is 0 Å². The van der Waals surface area contributed by atoms with Crippen molar-refractivity contribution in [2.45, 2.75) is 24.0 Å². The average Bonchev–Trinajstić information content (AvgIpc) is 2.75. The highest BCUT2D eigenvalue weighted by atomic mass is 32.2. The highest BCUT2D eigenvalue weighted by Crippen LogP contribution is 2.29. The molecular formula is C22H25NO5S. The molecule has 6 nitrogen and oxygen atoms in total. The molecule has 0 saturated carbocycles. The Morgan fingerprint density at radius 2 is 1.45 bits per heavy atom. The molecule has 0 radical (unpaired) electrons. The molecule has 29 heavy (non-hydrogen) atoms. The number of nitrogens with zero attached hydrogens (tertiary/aromatic N) is 1. The minimum absolute atomic E-state index is 0.0359. The summed E-state index contributed by atoms with van der Waals surface area (Å²) in [6, 6.07) is 19.2.